The maximum absolute atomic E-state index is 10.1. The molecule has 5 rings (SSSR count). The maximum Gasteiger partial charge on any atom is 0.157 e. The first-order valence-electron chi connectivity index (χ1n) is 16.7. The second-order valence-corrected chi connectivity index (χ2v) is 15.9. The molecule has 0 radical (unpaired) electrons. The molecule has 2 unspecified atom stereocenters. The number of ether oxygens (including phenoxy) is 2. The molecule has 9 atom stereocenters. The molecule has 4 nitrogen and oxygen atoms in total. The van der Waals surface area contributed by atoms with E-state index < -0.39 is 0 Å². The van der Waals surface area contributed by atoms with Crippen LogP contribution in [-0.4, -0.2) is 30.4 Å². The Morgan fingerprint density at radius 1 is 1.03 bits per heavy atom. The van der Waals surface area contributed by atoms with Crippen molar-refractivity contribution in [2.24, 2.45) is 56.4 Å². The Morgan fingerprint density at radius 2 is 1.82 bits per heavy atom. The van der Waals surface area contributed by atoms with Crippen molar-refractivity contribution in [3.8, 4) is 0 Å². The predicted octanol–water partition coefficient (Wildman–Crippen LogP) is 9.41. The molecule has 1 saturated heterocycles. The van der Waals surface area contributed by atoms with Crippen LogP contribution < -0.4 is 0 Å². The van der Waals surface area contributed by atoms with Crippen LogP contribution in [0.3, 0.4) is 0 Å². The van der Waals surface area contributed by atoms with Crippen LogP contribution in [0.1, 0.15) is 132 Å². The van der Waals surface area contributed by atoms with Gasteiger partial charge in [0.25, 0.3) is 0 Å². The molecule has 3 saturated carbocycles. The number of hydrogen-bond acceptors (Lipinski definition) is 4. The van der Waals surface area contributed by atoms with Crippen LogP contribution in [0.4, 0.5) is 0 Å². The first-order valence-corrected chi connectivity index (χ1v) is 16.7. The van der Waals surface area contributed by atoms with Crippen LogP contribution in [0.15, 0.2) is 16.8 Å². The highest BCUT2D eigenvalue weighted by atomic mass is 16.7. The van der Waals surface area contributed by atoms with Gasteiger partial charge < -0.3 is 14.7 Å². The summed E-state index contributed by atoms with van der Waals surface area (Å²) in [6.45, 7) is 18.2. The van der Waals surface area contributed by atoms with E-state index in [4.69, 9.17) is 9.47 Å². The number of rotatable bonds is 8. The van der Waals surface area contributed by atoms with Crippen molar-refractivity contribution in [3.63, 3.8) is 0 Å². The molecule has 1 N–H and O–H groups in total. The van der Waals surface area contributed by atoms with Crippen molar-refractivity contribution in [1.82, 2.24) is 0 Å². The Bertz CT molecular complexity index is 919. The monoisotopic (exact) mass is 541 g/mol. The van der Waals surface area contributed by atoms with E-state index in [9.17, 15) is 5.21 Å². The Hall–Kier alpha value is -0.870. The fourth-order valence-corrected chi connectivity index (χ4v) is 11.0. The lowest BCUT2D eigenvalue weighted by atomic mass is 9.40. The van der Waals surface area contributed by atoms with Gasteiger partial charge in [-0.05, 0) is 110 Å². The van der Waals surface area contributed by atoms with E-state index >= 15 is 0 Å². The van der Waals surface area contributed by atoms with Crippen molar-refractivity contribution in [2.45, 2.75) is 144 Å². The molecule has 0 spiro atoms. The minimum Gasteiger partial charge on any atom is -0.411 e. The van der Waals surface area contributed by atoms with Crippen LogP contribution in [0.25, 0.3) is 0 Å². The van der Waals surface area contributed by atoms with E-state index in [1.165, 1.54) is 57.8 Å². The van der Waals surface area contributed by atoms with Gasteiger partial charge in [-0.25, -0.2) is 0 Å². The summed E-state index contributed by atoms with van der Waals surface area (Å²) in [4.78, 5) is 0. The van der Waals surface area contributed by atoms with Gasteiger partial charge in [-0.1, -0.05) is 79.4 Å². The van der Waals surface area contributed by atoms with Crippen molar-refractivity contribution < 1.29 is 14.7 Å². The Balaban J connectivity index is 1.41. The second kappa shape index (κ2) is 11.1. The van der Waals surface area contributed by atoms with Gasteiger partial charge in [0.15, 0.2) is 6.29 Å². The predicted molar refractivity (Wildman–Crippen MR) is 160 cm³/mol. The van der Waals surface area contributed by atoms with Gasteiger partial charge >= 0.3 is 0 Å². The molecule has 0 aromatic rings. The molecule has 1 aliphatic heterocycles. The average Bonchev–Trinajstić information content (AvgIpc) is 3.19. The van der Waals surface area contributed by atoms with Crippen LogP contribution in [0.5, 0.6) is 0 Å². The summed E-state index contributed by atoms with van der Waals surface area (Å²) >= 11 is 0. The first-order chi connectivity index (χ1) is 18.5. The SMILES string of the molecule is CC(C)CCC[C@@H](C)[C@H]1CC[C@@]2(/C=N/O)C3=CCC4C(C)(C)[C@@H](OC5CCCCO5)CC[C@]4(C)[C@H]3CC[C@]12C. The fraction of sp³-hybridized carbons (Fsp3) is 0.914. The van der Waals surface area contributed by atoms with E-state index in [1.54, 1.807) is 5.57 Å². The topological polar surface area (TPSA) is 51.1 Å². The quantitative estimate of drug-likeness (QED) is 0.144. The lowest BCUT2D eigenvalue weighted by Gasteiger charge is -2.64. The molecule has 4 aliphatic carbocycles. The normalized spacial score (nSPS) is 44.5. The third-order valence-electron chi connectivity index (χ3n) is 13.2. The van der Waals surface area contributed by atoms with Crippen LogP contribution in [0.2, 0.25) is 0 Å². The summed E-state index contributed by atoms with van der Waals surface area (Å²) in [6.07, 6.45) is 20.7. The molecule has 0 aromatic heterocycles. The zero-order valence-corrected chi connectivity index (χ0v) is 26.3. The largest absolute Gasteiger partial charge is 0.411 e. The summed E-state index contributed by atoms with van der Waals surface area (Å²) in [5, 5.41) is 13.9. The van der Waals surface area contributed by atoms with Crippen molar-refractivity contribution >= 4 is 6.21 Å². The summed E-state index contributed by atoms with van der Waals surface area (Å²) < 4.78 is 12.7. The van der Waals surface area contributed by atoms with Gasteiger partial charge in [-0.3, -0.25) is 0 Å². The molecule has 5 aliphatic rings. The molecular weight excluding hydrogens is 482 g/mol. The zero-order valence-electron chi connectivity index (χ0n) is 26.3. The highest BCUT2D eigenvalue weighted by Gasteiger charge is 2.66. The minimum atomic E-state index is -0.0942. The summed E-state index contributed by atoms with van der Waals surface area (Å²) in [7, 11) is 0. The molecule has 4 fully saturated rings. The van der Waals surface area contributed by atoms with Crippen molar-refractivity contribution in [1.29, 1.82) is 0 Å². The number of allylic oxidation sites excluding steroid dienone is 2. The highest BCUT2D eigenvalue weighted by molar-refractivity contribution is 5.73. The molecule has 39 heavy (non-hydrogen) atoms. The lowest BCUT2D eigenvalue weighted by Crippen LogP contribution is -2.59. The van der Waals surface area contributed by atoms with Gasteiger partial charge in [0.05, 0.1) is 12.3 Å². The second-order valence-electron chi connectivity index (χ2n) is 15.9. The summed E-state index contributed by atoms with van der Waals surface area (Å²) in [6, 6.07) is 0. The smallest absolute Gasteiger partial charge is 0.157 e. The molecule has 4 heteroatoms. The Morgan fingerprint density at radius 3 is 2.51 bits per heavy atom. The van der Waals surface area contributed by atoms with E-state index in [0.29, 0.717) is 17.8 Å². The standard InChI is InChI=1S/C35H59NO3/c1-24(2)11-10-12-25(3)26-17-21-35(23-36-37)28-14-15-29-32(4,5)30(39-31-13-8-9-22-38-31)18-19-33(29,6)27(28)16-20-34(26,35)7/h14,23-27,29-31,37H,8-13,15-22H2,1-7H3/b36-23+/t25-,26-,27+,29?,30+,31?,33-,34-,35-/m1/s1. The summed E-state index contributed by atoms with van der Waals surface area (Å²) in [5.74, 6) is 3.38. The molecule has 0 amide bonds. The third kappa shape index (κ3) is 4.86. The number of hydrogen-bond donors (Lipinski definition) is 1. The molecule has 1 heterocycles. The van der Waals surface area contributed by atoms with E-state index in [0.717, 1.165) is 44.1 Å². The number of fused-ring (bicyclic) bond motifs is 5. The molecule has 0 bridgehead atoms. The van der Waals surface area contributed by atoms with Crippen LogP contribution in [0, 0.1) is 51.2 Å². The van der Waals surface area contributed by atoms with Gasteiger partial charge in [-0.15, -0.1) is 5.16 Å². The number of nitrogens with zero attached hydrogens (tertiary/aromatic N) is 1. The average molecular weight is 542 g/mol. The van der Waals surface area contributed by atoms with Crippen LogP contribution >= 0.6 is 0 Å². The molecule has 222 valence electrons. The number of oxime groups is 1. The Kier molecular flexibility index (Phi) is 8.42. The van der Waals surface area contributed by atoms with Gasteiger partial charge in [0.1, 0.15) is 0 Å². The zero-order chi connectivity index (χ0) is 28.1. The molecular formula is C35H59NO3. The third-order valence-corrected chi connectivity index (χ3v) is 13.2. The van der Waals surface area contributed by atoms with Gasteiger partial charge in [0, 0.05) is 12.0 Å². The fourth-order valence-electron chi connectivity index (χ4n) is 11.0. The van der Waals surface area contributed by atoms with Crippen molar-refractivity contribution in [2.75, 3.05) is 6.61 Å². The van der Waals surface area contributed by atoms with E-state index in [2.05, 4.69) is 59.7 Å². The highest BCUT2D eigenvalue weighted by Crippen LogP contribution is 2.73. The summed E-state index contributed by atoms with van der Waals surface area (Å²) in [5.41, 5.74) is 2.09. The van der Waals surface area contributed by atoms with Gasteiger partial charge in [-0.2, -0.15) is 0 Å². The first kappa shape index (κ1) is 29.6. The van der Waals surface area contributed by atoms with Crippen LogP contribution in [-0.2, 0) is 9.47 Å². The lowest BCUT2D eigenvalue weighted by molar-refractivity contribution is -0.239. The van der Waals surface area contributed by atoms with E-state index in [-0.39, 0.29) is 34.1 Å². The van der Waals surface area contributed by atoms with Crippen molar-refractivity contribution in [3.05, 3.63) is 11.6 Å². The Labute approximate surface area is 239 Å². The van der Waals surface area contributed by atoms with E-state index in [1.807, 2.05) is 6.21 Å². The van der Waals surface area contributed by atoms with Gasteiger partial charge in [0.2, 0.25) is 0 Å². The minimum absolute atomic E-state index is 0.0144. The molecule has 0 aromatic carbocycles. The maximum atomic E-state index is 10.1.